The first-order valence-corrected chi connectivity index (χ1v) is 10.6. The number of likely N-dealkylation sites (tertiary alicyclic amines) is 1. The van der Waals surface area contributed by atoms with E-state index in [1.54, 1.807) is 0 Å². The van der Waals surface area contributed by atoms with Gasteiger partial charge in [-0.05, 0) is 39.3 Å². The fourth-order valence-corrected chi connectivity index (χ4v) is 3.45. The number of furan rings is 1. The summed E-state index contributed by atoms with van der Waals surface area (Å²) in [6.07, 6.45) is 1.50. The second-order valence-electron chi connectivity index (χ2n) is 7.18. The van der Waals surface area contributed by atoms with E-state index >= 15 is 0 Å². The number of halogens is 1. The molecule has 1 atom stereocenters. The molecule has 170 valence electrons. The monoisotopic (exact) mass is 542 g/mol. The summed E-state index contributed by atoms with van der Waals surface area (Å²) in [6, 6.07) is 7.68. The molecule has 8 nitrogen and oxygen atoms in total. The van der Waals surface area contributed by atoms with Crippen LogP contribution in [0.3, 0.4) is 0 Å². The molecule has 1 aliphatic rings. The van der Waals surface area contributed by atoms with E-state index in [9.17, 15) is 9.59 Å². The van der Waals surface area contributed by atoms with Crippen LogP contribution in [0, 0.1) is 0 Å². The molecule has 2 aromatic rings. The molecule has 0 saturated carbocycles. The van der Waals surface area contributed by atoms with Crippen molar-refractivity contribution >= 4 is 52.7 Å². The van der Waals surface area contributed by atoms with Crippen molar-refractivity contribution in [2.45, 2.75) is 46.1 Å². The van der Waals surface area contributed by atoms with E-state index in [4.69, 9.17) is 9.15 Å². The van der Waals surface area contributed by atoms with Crippen LogP contribution in [-0.4, -0.2) is 48.9 Å². The number of nitrogens with one attached hydrogen (secondary N) is 2. The lowest BCUT2D eigenvalue weighted by atomic mass is 10.1. The summed E-state index contributed by atoms with van der Waals surface area (Å²) in [5.41, 5.74) is 0.729. The van der Waals surface area contributed by atoms with Gasteiger partial charge in [0, 0.05) is 31.3 Å². The highest BCUT2D eigenvalue weighted by Gasteiger charge is 2.25. The third-order valence-corrected chi connectivity index (χ3v) is 4.93. The van der Waals surface area contributed by atoms with Crippen LogP contribution in [-0.2, 0) is 9.59 Å². The Morgan fingerprint density at radius 1 is 1.26 bits per heavy atom. The first-order valence-electron chi connectivity index (χ1n) is 10.6. The SMILES string of the molecule is CCNC(=NCCN1C(=O)CCCC1=O)NC(C)c1cc2cccc(OCC)c2o1.I. The van der Waals surface area contributed by atoms with Gasteiger partial charge in [0.05, 0.1) is 19.2 Å². The van der Waals surface area contributed by atoms with E-state index < -0.39 is 0 Å². The highest BCUT2D eigenvalue weighted by Crippen LogP contribution is 2.31. The zero-order chi connectivity index (χ0) is 21.5. The zero-order valence-electron chi connectivity index (χ0n) is 18.3. The van der Waals surface area contributed by atoms with Crippen molar-refractivity contribution in [3.05, 3.63) is 30.0 Å². The Hall–Kier alpha value is -2.30. The van der Waals surface area contributed by atoms with Crippen LogP contribution in [0.5, 0.6) is 5.75 Å². The van der Waals surface area contributed by atoms with Crippen LogP contribution in [0.4, 0.5) is 0 Å². The quantitative estimate of drug-likeness (QED) is 0.229. The van der Waals surface area contributed by atoms with Crippen molar-refractivity contribution in [3.8, 4) is 5.75 Å². The average Bonchev–Trinajstić information content (AvgIpc) is 3.16. The summed E-state index contributed by atoms with van der Waals surface area (Å²) >= 11 is 0. The van der Waals surface area contributed by atoms with Gasteiger partial charge in [-0.1, -0.05) is 12.1 Å². The number of imide groups is 1. The lowest BCUT2D eigenvalue weighted by Crippen LogP contribution is -2.42. The molecule has 0 spiro atoms. The van der Waals surface area contributed by atoms with Gasteiger partial charge in [-0.15, -0.1) is 24.0 Å². The molecule has 9 heteroatoms. The fraction of sp³-hybridized carbons (Fsp3) is 0.500. The van der Waals surface area contributed by atoms with Gasteiger partial charge in [0.15, 0.2) is 17.3 Å². The van der Waals surface area contributed by atoms with Crippen molar-refractivity contribution < 1.29 is 18.7 Å². The summed E-state index contributed by atoms with van der Waals surface area (Å²) in [4.78, 5) is 29.7. The Balaban J connectivity index is 0.00000341. The van der Waals surface area contributed by atoms with Gasteiger partial charge in [0.2, 0.25) is 11.8 Å². The second kappa shape index (κ2) is 11.9. The number of amides is 2. The number of piperidine rings is 1. The van der Waals surface area contributed by atoms with Crippen LogP contribution in [0.15, 0.2) is 33.7 Å². The van der Waals surface area contributed by atoms with Gasteiger partial charge in [0.1, 0.15) is 5.76 Å². The highest BCUT2D eigenvalue weighted by atomic mass is 127. The van der Waals surface area contributed by atoms with Crippen molar-refractivity contribution in [2.24, 2.45) is 4.99 Å². The predicted molar refractivity (Wildman–Crippen MR) is 131 cm³/mol. The lowest BCUT2D eigenvalue weighted by Gasteiger charge is -2.24. The predicted octanol–water partition coefficient (Wildman–Crippen LogP) is 3.60. The number of fused-ring (bicyclic) bond motifs is 1. The van der Waals surface area contributed by atoms with Crippen LogP contribution in [0.2, 0.25) is 0 Å². The molecule has 1 aliphatic heterocycles. The maximum absolute atomic E-state index is 11.9. The van der Waals surface area contributed by atoms with Crippen LogP contribution >= 0.6 is 24.0 Å². The first kappa shape index (κ1) is 25.0. The Morgan fingerprint density at radius 2 is 2.00 bits per heavy atom. The largest absolute Gasteiger partial charge is 0.490 e. The van der Waals surface area contributed by atoms with Crippen molar-refractivity contribution in [1.29, 1.82) is 0 Å². The van der Waals surface area contributed by atoms with Gasteiger partial charge in [-0.25, -0.2) is 0 Å². The molecule has 1 fully saturated rings. The molecule has 1 unspecified atom stereocenters. The molecular formula is C22H31IN4O4. The fourth-order valence-electron chi connectivity index (χ4n) is 3.45. The third kappa shape index (κ3) is 6.34. The number of carbonyl (C=O) groups excluding carboxylic acids is 2. The van der Waals surface area contributed by atoms with E-state index in [-0.39, 0.29) is 41.8 Å². The second-order valence-corrected chi connectivity index (χ2v) is 7.18. The normalized spacial score (nSPS) is 15.6. The number of hydrogen-bond acceptors (Lipinski definition) is 5. The Labute approximate surface area is 199 Å². The van der Waals surface area contributed by atoms with Gasteiger partial charge < -0.3 is 19.8 Å². The minimum Gasteiger partial charge on any atom is -0.490 e. The van der Waals surface area contributed by atoms with Crippen LogP contribution < -0.4 is 15.4 Å². The first-order chi connectivity index (χ1) is 14.5. The molecule has 2 amide bonds. The molecule has 31 heavy (non-hydrogen) atoms. The van der Waals surface area contributed by atoms with E-state index in [2.05, 4.69) is 15.6 Å². The summed E-state index contributed by atoms with van der Waals surface area (Å²) in [5, 5.41) is 7.50. The van der Waals surface area contributed by atoms with E-state index in [1.165, 1.54) is 4.90 Å². The lowest BCUT2D eigenvalue weighted by molar-refractivity contribution is -0.147. The number of para-hydroxylation sites is 1. The molecule has 2 N–H and O–H groups in total. The molecular weight excluding hydrogens is 511 g/mol. The molecule has 0 aliphatic carbocycles. The Bertz CT molecular complexity index is 911. The van der Waals surface area contributed by atoms with Crippen molar-refractivity contribution in [2.75, 3.05) is 26.2 Å². The van der Waals surface area contributed by atoms with Gasteiger partial charge in [0.25, 0.3) is 0 Å². The van der Waals surface area contributed by atoms with E-state index in [0.29, 0.717) is 51.5 Å². The molecule has 0 bridgehead atoms. The van der Waals surface area contributed by atoms with Crippen LogP contribution in [0.25, 0.3) is 11.0 Å². The maximum Gasteiger partial charge on any atom is 0.229 e. The number of ether oxygens (including phenoxy) is 1. The Kier molecular flexibility index (Phi) is 9.60. The molecule has 0 radical (unpaired) electrons. The average molecular weight is 542 g/mol. The summed E-state index contributed by atoms with van der Waals surface area (Å²) in [6.45, 7) is 7.81. The topological polar surface area (TPSA) is 96.2 Å². The number of rotatable bonds is 8. The minimum atomic E-state index is -0.136. The number of benzene rings is 1. The smallest absolute Gasteiger partial charge is 0.229 e. The van der Waals surface area contributed by atoms with Crippen LogP contribution in [0.1, 0.15) is 51.8 Å². The standard InChI is InChI=1S/C22H30N4O4.HI/c1-4-23-22(24-12-13-26-19(27)10-7-11-20(26)28)25-15(3)18-14-16-8-6-9-17(29-5-2)21(16)30-18;/h6,8-9,14-15H,4-5,7,10-13H2,1-3H3,(H2,23,24,25);1H. The Morgan fingerprint density at radius 3 is 2.68 bits per heavy atom. The number of nitrogens with zero attached hydrogens (tertiary/aromatic N) is 2. The number of hydrogen-bond donors (Lipinski definition) is 2. The number of guanidine groups is 1. The van der Waals surface area contributed by atoms with Gasteiger partial charge in [-0.3, -0.25) is 19.5 Å². The number of carbonyl (C=O) groups is 2. The molecule has 1 aromatic heterocycles. The van der Waals surface area contributed by atoms with Crippen molar-refractivity contribution in [3.63, 3.8) is 0 Å². The summed E-state index contributed by atoms with van der Waals surface area (Å²) in [7, 11) is 0. The van der Waals surface area contributed by atoms with Gasteiger partial charge in [-0.2, -0.15) is 0 Å². The van der Waals surface area contributed by atoms with Crippen molar-refractivity contribution in [1.82, 2.24) is 15.5 Å². The van der Waals surface area contributed by atoms with E-state index in [1.807, 2.05) is 45.0 Å². The third-order valence-electron chi connectivity index (χ3n) is 4.93. The maximum atomic E-state index is 11.9. The summed E-state index contributed by atoms with van der Waals surface area (Å²) < 4.78 is 11.7. The molecule has 1 saturated heterocycles. The molecule has 2 heterocycles. The zero-order valence-corrected chi connectivity index (χ0v) is 20.6. The van der Waals surface area contributed by atoms with Gasteiger partial charge >= 0.3 is 0 Å². The van der Waals surface area contributed by atoms with E-state index in [0.717, 1.165) is 22.5 Å². The molecule has 3 rings (SSSR count). The molecule has 1 aromatic carbocycles. The minimum absolute atomic E-state index is 0. The highest BCUT2D eigenvalue weighted by molar-refractivity contribution is 14.0. The summed E-state index contributed by atoms with van der Waals surface area (Å²) in [5.74, 6) is 1.88. The number of aliphatic imine (C=N–C) groups is 1.